The number of anilines is 1. The highest BCUT2D eigenvalue weighted by molar-refractivity contribution is 6.05. The summed E-state index contributed by atoms with van der Waals surface area (Å²) in [6, 6.07) is 18.9. The Morgan fingerprint density at radius 2 is 1.72 bits per heavy atom. The van der Waals surface area contributed by atoms with Crippen LogP contribution in [0.1, 0.15) is 40.1 Å². The third kappa shape index (κ3) is 5.46. The molecule has 6 nitrogen and oxygen atoms in total. The number of rotatable bonds is 7. The number of hydrogen-bond acceptors (Lipinski definition) is 4. The molecule has 0 radical (unpaired) electrons. The largest absolute Gasteiger partial charge is 0.465 e. The van der Waals surface area contributed by atoms with Crippen molar-refractivity contribution in [2.24, 2.45) is 0 Å². The van der Waals surface area contributed by atoms with Gasteiger partial charge in [-0.05, 0) is 61.7 Å². The van der Waals surface area contributed by atoms with Gasteiger partial charge in [0.05, 0.1) is 6.26 Å². The smallest absolute Gasteiger partial charge is 0.268 e. The molecule has 6 heteroatoms. The third-order valence-electron chi connectivity index (χ3n) is 5.50. The van der Waals surface area contributed by atoms with E-state index in [1.54, 1.807) is 24.3 Å². The number of nitrogens with one attached hydrogen (secondary N) is 2. The summed E-state index contributed by atoms with van der Waals surface area (Å²) in [4.78, 5) is 27.9. The lowest BCUT2D eigenvalue weighted by atomic mass is 10.1. The van der Waals surface area contributed by atoms with Gasteiger partial charge in [-0.15, -0.1) is 0 Å². The summed E-state index contributed by atoms with van der Waals surface area (Å²) in [5.41, 5.74) is 3.86. The van der Waals surface area contributed by atoms with Crippen molar-refractivity contribution in [3.63, 3.8) is 0 Å². The lowest BCUT2D eigenvalue weighted by Gasteiger charge is -2.18. The van der Waals surface area contributed by atoms with E-state index in [0.717, 1.165) is 24.2 Å². The molecule has 0 saturated carbocycles. The molecule has 2 aromatic carbocycles. The average molecular weight is 430 g/mol. The van der Waals surface area contributed by atoms with E-state index in [9.17, 15) is 9.59 Å². The second-order valence-electron chi connectivity index (χ2n) is 7.94. The summed E-state index contributed by atoms with van der Waals surface area (Å²) in [6.45, 7) is 4.50. The fourth-order valence-corrected chi connectivity index (χ4v) is 3.65. The molecule has 3 aromatic rings. The van der Waals surface area contributed by atoms with Crippen LogP contribution in [0.25, 0.3) is 6.08 Å². The van der Waals surface area contributed by atoms with Crippen molar-refractivity contribution in [1.82, 2.24) is 10.6 Å². The molecule has 4 rings (SSSR count). The van der Waals surface area contributed by atoms with Crippen LogP contribution in [0.2, 0.25) is 0 Å². The number of benzene rings is 2. The molecule has 0 bridgehead atoms. The first kappa shape index (κ1) is 21.4. The second-order valence-corrected chi connectivity index (χ2v) is 7.94. The minimum absolute atomic E-state index is 0.124. The van der Waals surface area contributed by atoms with Gasteiger partial charge in [0.15, 0.2) is 0 Å². The maximum Gasteiger partial charge on any atom is 0.268 e. The molecule has 2 heterocycles. The Morgan fingerprint density at radius 1 is 1.00 bits per heavy atom. The molecule has 0 atom stereocenters. The summed E-state index contributed by atoms with van der Waals surface area (Å²) < 4.78 is 5.33. The van der Waals surface area contributed by atoms with Crippen LogP contribution >= 0.6 is 0 Å². The molecule has 32 heavy (non-hydrogen) atoms. The summed E-state index contributed by atoms with van der Waals surface area (Å²) >= 11 is 0. The molecule has 1 aromatic heterocycles. The molecule has 1 aliphatic heterocycles. The van der Waals surface area contributed by atoms with Crippen LogP contribution in [-0.4, -0.2) is 24.9 Å². The van der Waals surface area contributed by atoms with E-state index in [2.05, 4.69) is 27.7 Å². The number of nitrogens with zero attached hydrogens (tertiary/aromatic N) is 1. The molecule has 2 amide bonds. The van der Waals surface area contributed by atoms with Gasteiger partial charge < -0.3 is 20.0 Å². The van der Waals surface area contributed by atoms with Crippen LogP contribution in [0, 0.1) is 6.92 Å². The Kier molecular flexibility index (Phi) is 6.70. The summed E-state index contributed by atoms with van der Waals surface area (Å²) in [6.07, 6.45) is 5.51. The molecular formula is C26H27N3O3. The van der Waals surface area contributed by atoms with Gasteiger partial charge in [0.2, 0.25) is 0 Å². The maximum absolute atomic E-state index is 12.9. The fraction of sp³-hybridized carbons (Fsp3) is 0.231. The number of amides is 2. The molecule has 2 N–H and O–H groups in total. The van der Waals surface area contributed by atoms with E-state index in [1.165, 1.54) is 30.9 Å². The highest BCUT2D eigenvalue weighted by Gasteiger charge is 2.16. The van der Waals surface area contributed by atoms with Crippen LogP contribution in [0.5, 0.6) is 0 Å². The average Bonchev–Trinajstić information content (AvgIpc) is 3.52. The highest BCUT2D eigenvalue weighted by Crippen LogP contribution is 2.20. The van der Waals surface area contributed by atoms with Crippen molar-refractivity contribution in [1.29, 1.82) is 0 Å². The van der Waals surface area contributed by atoms with E-state index >= 15 is 0 Å². The fourth-order valence-electron chi connectivity index (χ4n) is 3.65. The first-order valence-corrected chi connectivity index (χ1v) is 10.8. The normalized spacial score (nSPS) is 13.8. The van der Waals surface area contributed by atoms with Crippen LogP contribution in [0.3, 0.4) is 0 Å². The first-order valence-electron chi connectivity index (χ1n) is 10.8. The third-order valence-corrected chi connectivity index (χ3v) is 5.50. The van der Waals surface area contributed by atoms with Gasteiger partial charge in [0.1, 0.15) is 11.5 Å². The zero-order chi connectivity index (χ0) is 22.3. The molecule has 0 unspecified atom stereocenters. The monoisotopic (exact) mass is 429 g/mol. The Balaban J connectivity index is 1.43. The zero-order valence-electron chi connectivity index (χ0n) is 18.1. The van der Waals surface area contributed by atoms with Crippen molar-refractivity contribution in [2.75, 3.05) is 18.0 Å². The maximum atomic E-state index is 12.9. The van der Waals surface area contributed by atoms with E-state index in [-0.39, 0.29) is 17.5 Å². The Labute approximate surface area is 187 Å². The summed E-state index contributed by atoms with van der Waals surface area (Å²) in [5, 5.41) is 5.61. The van der Waals surface area contributed by atoms with Crippen LogP contribution in [0.15, 0.2) is 77.0 Å². The van der Waals surface area contributed by atoms with Gasteiger partial charge >= 0.3 is 0 Å². The van der Waals surface area contributed by atoms with Crippen LogP contribution in [-0.2, 0) is 11.3 Å². The van der Waals surface area contributed by atoms with Crippen molar-refractivity contribution in [2.45, 2.75) is 26.3 Å². The van der Waals surface area contributed by atoms with Crippen molar-refractivity contribution < 1.29 is 14.0 Å². The number of carbonyl (C=O) groups is 2. The van der Waals surface area contributed by atoms with Crippen molar-refractivity contribution in [3.05, 3.63) is 95.1 Å². The SMILES string of the molecule is Cc1ccc(C(=O)N/C(=C\c2ccco2)C(=O)NCc2ccc(N3CCCC3)cc2)cc1. The van der Waals surface area contributed by atoms with Gasteiger partial charge in [0.25, 0.3) is 11.8 Å². The van der Waals surface area contributed by atoms with E-state index in [1.807, 2.05) is 31.2 Å². The molecule has 1 saturated heterocycles. The van der Waals surface area contributed by atoms with Crippen molar-refractivity contribution in [3.8, 4) is 0 Å². The lowest BCUT2D eigenvalue weighted by molar-refractivity contribution is -0.117. The van der Waals surface area contributed by atoms with Gasteiger partial charge in [-0.25, -0.2) is 0 Å². The predicted molar refractivity (Wildman–Crippen MR) is 125 cm³/mol. The van der Waals surface area contributed by atoms with Gasteiger partial charge in [-0.3, -0.25) is 9.59 Å². The first-order chi connectivity index (χ1) is 15.6. The van der Waals surface area contributed by atoms with Gasteiger partial charge in [0, 0.05) is 37.0 Å². The predicted octanol–water partition coefficient (Wildman–Crippen LogP) is 4.28. The highest BCUT2D eigenvalue weighted by atomic mass is 16.3. The zero-order valence-corrected chi connectivity index (χ0v) is 18.1. The number of aryl methyl sites for hydroxylation is 1. The topological polar surface area (TPSA) is 74.6 Å². The quantitative estimate of drug-likeness (QED) is 0.550. The number of hydrogen-bond donors (Lipinski definition) is 2. The molecule has 164 valence electrons. The molecular weight excluding hydrogens is 402 g/mol. The van der Waals surface area contributed by atoms with Gasteiger partial charge in [-0.1, -0.05) is 29.8 Å². The number of carbonyl (C=O) groups excluding carboxylic acids is 2. The minimum Gasteiger partial charge on any atom is -0.465 e. The Morgan fingerprint density at radius 3 is 2.38 bits per heavy atom. The van der Waals surface area contributed by atoms with Crippen LogP contribution in [0.4, 0.5) is 5.69 Å². The van der Waals surface area contributed by atoms with Crippen molar-refractivity contribution >= 4 is 23.6 Å². The number of furan rings is 1. The molecule has 1 aliphatic rings. The summed E-state index contributed by atoms with van der Waals surface area (Å²) in [7, 11) is 0. The molecule has 0 spiro atoms. The summed E-state index contributed by atoms with van der Waals surface area (Å²) in [5.74, 6) is -0.257. The molecule has 0 aliphatic carbocycles. The Bertz CT molecular complexity index is 1080. The van der Waals surface area contributed by atoms with Gasteiger partial charge in [-0.2, -0.15) is 0 Å². The molecule has 1 fully saturated rings. The second kappa shape index (κ2) is 10.0. The Hall–Kier alpha value is -3.80. The minimum atomic E-state index is -0.384. The van der Waals surface area contributed by atoms with E-state index in [0.29, 0.717) is 17.9 Å². The van der Waals surface area contributed by atoms with Crippen LogP contribution < -0.4 is 15.5 Å². The lowest BCUT2D eigenvalue weighted by Crippen LogP contribution is -2.34. The van der Waals surface area contributed by atoms with E-state index in [4.69, 9.17) is 4.42 Å². The van der Waals surface area contributed by atoms with E-state index < -0.39 is 0 Å². The standard InChI is InChI=1S/C26H27N3O3/c1-19-6-10-21(11-7-19)25(30)28-24(17-23-5-4-16-32-23)26(31)27-18-20-8-12-22(13-9-20)29-14-2-3-15-29/h4-13,16-17H,2-3,14-15,18H2,1H3,(H,27,31)(H,28,30)/b24-17-.